The van der Waals surface area contributed by atoms with Gasteiger partial charge in [-0.05, 0) is 52.1 Å². The minimum Gasteiger partial charge on any atom is -0.338 e. The van der Waals surface area contributed by atoms with Crippen molar-refractivity contribution in [3.8, 4) is 0 Å². The molecule has 2 saturated heterocycles. The van der Waals surface area contributed by atoms with E-state index in [4.69, 9.17) is 0 Å². The summed E-state index contributed by atoms with van der Waals surface area (Å²) in [4.78, 5) is 30.1. The molecule has 0 unspecified atom stereocenters. The number of aryl methyl sites for hydroxylation is 1. The van der Waals surface area contributed by atoms with E-state index in [2.05, 4.69) is 15.4 Å². The zero-order valence-electron chi connectivity index (χ0n) is 14.7. The molecule has 0 bridgehead atoms. The summed E-state index contributed by atoms with van der Waals surface area (Å²) < 4.78 is 1.80. The van der Waals surface area contributed by atoms with Gasteiger partial charge in [0.25, 0.3) is 11.5 Å². The first-order valence-corrected chi connectivity index (χ1v) is 9.27. The van der Waals surface area contributed by atoms with Gasteiger partial charge in [-0.1, -0.05) is 0 Å². The van der Waals surface area contributed by atoms with E-state index >= 15 is 0 Å². The lowest BCUT2D eigenvalue weighted by molar-refractivity contribution is 0.0725. The molecule has 2 N–H and O–H groups in total. The molecule has 2 aliphatic heterocycles. The lowest BCUT2D eigenvalue weighted by Crippen LogP contribution is -2.36. The number of aromatic nitrogens is 3. The van der Waals surface area contributed by atoms with Crippen LogP contribution in [-0.2, 0) is 0 Å². The third kappa shape index (κ3) is 2.97. The van der Waals surface area contributed by atoms with Gasteiger partial charge < -0.3 is 15.2 Å². The Morgan fingerprint density at radius 1 is 1.20 bits per heavy atom. The molecular formula is C18H25N5O2. The summed E-state index contributed by atoms with van der Waals surface area (Å²) in [6.07, 6.45) is 5.22. The zero-order chi connectivity index (χ0) is 17.4. The van der Waals surface area contributed by atoms with Crippen LogP contribution in [0.3, 0.4) is 0 Å². The maximum atomic E-state index is 13.0. The van der Waals surface area contributed by atoms with E-state index in [9.17, 15) is 9.59 Å². The molecular weight excluding hydrogens is 318 g/mol. The topological polar surface area (TPSA) is 82.5 Å². The second-order valence-corrected chi connectivity index (χ2v) is 7.16. The smallest absolute Gasteiger partial charge is 0.259 e. The van der Waals surface area contributed by atoms with E-state index in [0.29, 0.717) is 22.8 Å². The number of rotatable bonds is 2. The van der Waals surface area contributed by atoms with Crippen LogP contribution in [0.15, 0.2) is 10.9 Å². The van der Waals surface area contributed by atoms with Crippen molar-refractivity contribution in [3.05, 3.63) is 33.4 Å². The van der Waals surface area contributed by atoms with Crippen LogP contribution in [0.25, 0.3) is 5.65 Å². The van der Waals surface area contributed by atoms with Crippen molar-refractivity contribution in [1.82, 2.24) is 24.8 Å². The van der Waals surface area contributed by atoms with Crippen LogP contribution in [0.2, 0.25) is 0 Å². The number of carbonyl (C=O) groups excluding carboxylic acids is 1. The average Bonchev–Trinajstić information content (AvgIpc) is 2.97. The number of H-pyrrole nitrogens is 1. The molecule has 1 amide bonds. The minimum atomic E-state index is -0.159. The number of hydrogen-bond acceptors (Lipinski definition) is 4. The highest BCUT2D eigenvalue weighted by Gasteiger charge is 2.27. The Balaban J connectivity index is 1.80. The van der Waals surface area contributed by atoms with Crippen molar-refractivity contribution in [2.45, 2.75) is 44.9 Å². The maximum absolute atomic E-state index is 13.0. The Morgan fingerprint density at radius 2 is 1.92 bits per heavy atom. The largest absolute Gasteiger partial charge is 0.338 e. The van der Waals surface area contributed by atoms with E-state index in [1.807, 2.05) is 11.8 Å². The van der Waals surface area contributed by atoms with Crippen LogP contribution in [0, 0.1) is 6.92 Å². The molecule has 0 aromatic carbocycles. The summed E-state index contributed by atoms with van der Waals surface area (Å²) >= 11 is 0. The molecule has 0 atom stereocenters. The number of amides is 1. The van der Waals surface area contributed by atoms with Crippen molar-refractivity contribution < 1.29 is 4.79 Å². The van der Waals surface area contributed by atoms with Crippen molar-refractivity contribution in [1.29, 1.82) is 0 Å². The molecule has 0 radical (unpaired) electrons. The highest BCUT2D eigenvalue weighted by molar-refractivity contribution is 6.01. The van der Waals surface area contributed by atoms with Crippen LogP contribution >= 0.6 is 0 Å². The standard InChI is InChI=1S/C18H25N5O2/c1-12-16(18(25)22-9-3-2-4-10-22)17-20-15(24)11-14(23(17)21-12)13-5-7-19-8-6-13/h11,13,19H,2-10H2,1H3,(H,20,24). The normalized spacial score (nSPS) is 19.5. The van der Waals surface area contributed by atoms with Gasteiger partial charge in [0.05, 0.1) is 11.4 Å². The van der Waals surface area contributed by atoms with Crippen LogP contribution < -0.4 is 10.9 Å². The minimum absolute atomic E-state index is 0.00897. The van der Waals surface area contributed by atoms with Crippen LogP contribution in [0.4, 0.5) is 0 Å². The SMILES string of the molecule is Cc1nn2c(C3CCNCC3)cc(=O)[nH]c2c1C(=O)N1CCCCC1. The van der Waals surface area contributed by atoms with Gasteiger partial charge in [-0.2, -0.15) is 5.10 Å². The Kier molecular flexibility index (Phi) is 4.33. The van der Waals surface area contributed by atoms with Gasteiger partial charge in [0.2, 0.25) is 0 Å². The molecule has 134 valence electrons. The third-order valence-corrected chi connectivity index (χ3v) is 5.44. The van der Waals surface area contributed by atoms with Crippen LogP contribution in [-0.4, -0.2) is 51.6 Å². The first-order valence-electron chi connectivity index (χ1n) is 9.27. The second kappa shape index (κ2) is 6.63. The first-order chi connectivity index (χ1) is 12.1. The third-order valence-electron chi connectivity index (χ3n) is 5.44. The molecule has 0 spiro atoms. The number of aromatic amines is 1. The summed E-state index contributed by atoms with van der Waals surface area (Å²) in [5, 5.41) is 7.97. The Morgan fingerprint density at radius 3 is 2.64 bits per heavy atom. The molecule has 25 heavy (non-hydrogen) atoms. The van der Waals surface area contributed by atoms with E-state index in [1.54, 1.807) is 10.6 Å². The van der Waals surface area contributed by atoms with E-state index in [1.165, 1.54) is 6.42 Å². The predicted octanol–water partition coefficient (Wildman–Crippen LogP) is 1.42. The zero-order valence-corrected chi connectivity index (χ0v) is 14.7. The highest BCUT2D eigenvalue weighted by atomic mass is 16.2. The number of likely N-dealkylation sites (tertiary alicyclic amines) is 1. The van der Waals surface area contributed by atoms with E-state index in [-0.39, 0.29) is 11.5 Å². The summed E-state index contributed by atoms with van der Waals surface area (Å²) in [5.74, 6) is 0.286. The first kappa shape index (κ1) is 16.3. The van der Waals surface area contributed by atoms with Gasteiger partial charge in [0.15, 0.2) is 0 Å². The number of fused-ring (bicyclic) bond motifs is 1. The number of nitrogens with zero attached hydrogens (tertiary/aromatic N) is 3. The number of piperidine rings is 2. The molecule has 0 saturated carbocycles. The van der Waals surface area contributed by atoms with Crippen molar-refractivity contribution >= 4 is 11.6 Å². The second-order valence-electron chi connectivity index (χ2n) is 7.16. The summed E-state index contributed by atoms with van der Waals surface area (Å²) in [5.41, 5.74) is 2.55. The highest BCUT2D eigenvalue weighted by Crippen LogP contribution is 2.26. The Hall–Kier alpha value is -2.15. The van der Waals surface area contributed by atoms with Gasteiger partial charge >= 0.3 is 0 Å². The monoisotopic (exact) mass is 343 g/mol. The van der Waals surface area contributed by atoms with Gasteiger partial charge in [0, 0.05) is 25.1 Å². The van der Waals surface area contributed by atoms with E-state index in [0.717, 1.165) is 57.6 Å². The van der Waals surface area contributed by atoms with Crippen LogP contribution in [0.1, 0.15) is 59.8 Å². The fraction of sp³-hybridized carbons (Fsp3) is 0.611. The van der Waals surface area contributed by atoms with Crippen molar-refractivity contribution in [2.75, 3.05) is 26.2 Å². The van der Waals surface area contributed by atoms with Crippen molar-refractivity contribution in [3.63, 3.8) is 0 Å². The van der Waals surface area contributed by atoms with Gasteiger partial charge in [-0.15, -0.1) is 0 Å². The molecule has 4 rings (SSSR count). The molecule has 2 aromatic heterocycles. The maximum Gasteiger partial charge on any atom is 0.259 e. The fourth-order valence-corrected chi connectivity index (χ4v) is 4.10. The summed E-state index contributed by atoms with van der Waals surface area (Å²) in [6.45, 7) is 5.31. The number of carbonyl (C=O) groups is 1. The number of nitrogens with one attached hydrogen (secondary N) is 2. The molecule has 2 fully saturated rings. The molecule has 4 heterocycles. The van der Waals surface area contributed by atoms with Gasteiger partial charge in [0.1, 0.15) is 11.2 Å². The van der Waals surface area contributed by atoms with Crippen molar-refractivity contribution in [2.24, 2.45) is 0 Å². The number of hydrogen-bond donors (Lipinski definition) is 2. The predicted molar refractivity (Wildman–Crippen MR) is 95.1 cm³/mol. The van der Waals surface area contributed by atoms with Gasteiger partial charge in [-0.3, -0.25) is 9.59 Å². The summed E-state index contributed by atoms with van der Waals surface area (Å²) in [6, 6.07) is 1.64. The molecule has 0 aliphatic carbocycles. The molecule has 2 aliphatic rings. The Bertz CT molecular complexity index is 841. The fourth-order valence-electron chi connectivity index (χ4n) is 4.10. The van der Waals surface area contributed by atoms with E-state index < -0.39 is 0 Å². The van der Waals surface area contributed by atoms with Gasteiger partial charge in [-0.25, -0.2) is 4.52 Å². The average molecular weight is 343 g/mol. The lowest BCUT2D eigenvalue weighted by Gasteiger charge is -2.26. The lowest BCUT2D eigenvalue weighted by atomic mass is 9.94. The summed E-state index contributed by atoms with van der Waals surface area (Å²) in [7, 11) is 0. The van der Waals surface area contributed by atoms with Crippen LogP contribution in [0.5, 0.6) is 0 Å². The Labute approximate surface area is 146 Å². The quantitative estimate of drug-likeness (QED) is 0.864. The molecule has 7 nitrogen and oxygen atoms in total. The molecule has 2 aromatic rings. The molecule has 7 heteroatoms.